The maximum Gasteiger partial charge on any atom is 0.253 e. The largest absolute Gasteiger partial charge is 0.349 e. The van der Waals surface area contributed by atoms with Gasteiger partial charge in [-0.3, -0.25) is 14.5 Å². The van der Waals surface area contributed by atoms with Gasteiger partial charge in [0.1, 0.15) is 0 Å². The lowest BCUT2D eigenvalue weighted by Crippen LogP contribution is -2.56. The number of nitrogens with zero attached hydrogens (tertiary/aromatic N) is 3. The Labute approximate surface area is 175 Å². The summed E-state index contributed by atoms with van der Waals surface area (Å²) in [6, 6.07) is 7.15. The van der Waals surface area contributed by atoms with Crippen LogP contribution in [0.1, 0.15) is 36.0 Å². The fourth-order valence-corrected chi connectivity index (χ4v) is 5.37. The van der Waals surface area contributed by atoms with Crippen LogP contribution in [-0.4, -0.2) is 53.4 Å². The monoisotopic (exact) mass is 413 g/mol. The van der Waals surface area contributed by atoms with Crippen molar-refractivity contribution in [3.63, 3.8) is 0 Å². The number of amides is 2. The van der Waals surface area contributed by atoms with E-state index in [1.165, 1.54) is 4.88 Å². The Balaban J connectivity index is 1.53. The van der Waals surface area contributed by atoms with Gasteiger partial charge in [-0.1, -0.05) is 12.1 Å². The van der Waals surface area contributed by atoms with Crippen molar-refractivity contribution in [1.82, 2.24) is 15.2 Å². The molecule has 1 fully saturated rings. The standard InChI is InChI=1S/C21H27N5O2S/c1-4-26(5-2)20-22-10-14(29-20)11-25-12-16-19(28)23-17-9-7-6-8-15(17)18(27)24-21(16,3)13-25/h6-10,16H,4-5,11-13H2,1-3H3,(H,23,28)(H,24,27)/t16-,21-/m0/s1. The zero-order chi connectivity index (χ0) is 20.6. The van der Waals surface area contributed by atoms with E-state index in [0.29, 0.717) is 24.3 Å². The van der Waals surface area contributed by atoms with Crippen molar-refractivity contribution in [3.05, 3.63) is 40.9 Å². The minimum absolute atomic E-state index is 0.0458. The summed E-state index contributed by atoms with van der Waals surface area (Å²) in [6.07, 6.45) is 1.93. The Morgan fingerprint density at radius 2 is 2.03 bits per heavy atom. The van der Waals surface area contributed by atoms with Gasteiger partial charge in [-0.2, -0.15) is 0 Å². The van der Waals surface area contributed by atoms with Gasteiger partial charge in [-0.15, -0.1) is 11.3 Å². The maximum atomic E-state index is 13.0. The lowest BCUT2D eigenvalue weighted by molar-refractivity contribution is -0.121. The molecule has 2 aliphatic heterocycles. The highest BCUT2D eigenvalue weighted by atomic mass is 32.1. The maximum absolute atomic E-state index is 13.0. The summed E-state index contributed by atoms with van der Waals surface area (Å²) in [5.74, 6) is -0.498. The molecule has 2 amide bonds. The Morgan fingerprint density at radius 3 is 2.79 bits per heavy atom. The molecule has 29 heavy (non-hydrogen) atoms. The number of para-hydroxylation sites is 1. The molecule has 0 spiro atoms. The first kappa shape index (κ1) is 19.8. The lowest BCUT2D eigenvalue weighted by Gasteiger charge is -2.33. The van der Waals surface area contributed by atoms with Crippen molar-refractivity contribution >= 4 is 34.0 Å². The molecule has 0 radical (unpaired) electrons. The number of thiazole rings is 1. The van der Waals surface area contributed by atoms with Gasteiger partial charge in [-0.25, -0.2) is 4.98 Å². The van der Waals surface area contributed by atoms with Crippen molar-refractivity contribution in [2.24, 2.45) is 5.92 Å². The first-order valence-electron chi connectivity index (χ1n) is 10.1. The number of hydrogen-bond donors (Lipinski definition) is 2. The second kappa shape index (κ2) is 7.76. The van der Waals surface area contributed by atoms with Crippen molar-refractivity contribution < 1.29 is 9.59 Å². The van der Waals surface area contributed by atoms with Gasteiger partial charge in [0.15, 0.2) is 5.13 Å². The van der Waals surface area contributed by atoms with Crippen molar-refractivity contribution in [2.45, 2.75) is 32.9 Å². The third kappa shape index (κ3) is 3.74. The first-order chi connectivity index (χ1) is 13.9. The average molecular weight is 414 g/mol. The number of rotatable bonds is 5. The molecule has 2 atom stereocenters. The summed E-state index contributed by atoms with van der Waals surface area (Å²) in [5, 5.41) is 7.14. The van der Waals surface area contributed by atoms with Crippen LogP contribution in [0.2, 0.25) is 0 Å². The molecular weight excluding hydrogens is 386 g/mol. The summed E-state index contributed by atoms with van der Waals surface area (Å²) >= 11 is 1.69. The van der Waals surface area contributed by atoms with Crippen LogP contribution in [0.5, 0.6) is 0 Å². The van der Waals surface area contributed by atoms with E-state index in [2.05, 4.69) is 39.3 Å². The van der Waals surface area contributed by atoms with E-state index in [-0.39, 0.29) is 17.7 Å². The quantitative estimate of drug-likeness (QED) is 0.788. The number of aromatic nitrogens is 1. The van der Waals surface area contributed by atoms with E-state index < -0.39 is 5.54 Å². The molecule has 4 rings (SSSR count). The molecule has 2 aliphatic rings. The van der Waals surface area contributed by atoms with E-state index in [9.17, 15) is 9.59 Å². The normalized spacial score (nSPS) is 24.2. The zero-order valence-electron chi connectivity index (χ0n) is 17.1. The van der Waals surface area contributed by atoms with Crippen molar-refractivity contribution in [1.29, 1.82) is 0 Å². The number of hydrogen-bond acceptors (Lipinski definition) is 6. The molecule has 0 saturated carbocycles. The van der Waals surface area contributed by atoms with Gasteiger partial charge < -0.3 is 15.5 Å². The summed E-state index contributed by atoms with van der Waals surface area (Å²) in [6.45, 7) is 10.0. The van der Waals surface area contributed by atoms with Crippen LogP contribution in [-0.2, 0) is 11.3 Å². The first-order valence-corrected chi connectivity index (χ1v) is 10.9. The topological polar surface area (TPSA) is 77.6 Å². The number of nitrogens with one attached hydrogen (secondary N) is 2. The Bertz CT molecular complexity index is 925. The van der Waals surface area contributed by atoms with Crippen LogP contribution in [0.25, 0.3) is 0 Å². The minimum Gasteiger partial charge on any atom is -0.349 e. The van der Waals surface area contributed by atoms with Crippen LogP contribution in [0.3, 0.4) is 0 Å². The molecule has 1 aromatic carbocycles. The summed E-state index contributed by atoms with van der Waals surface area (Å²) in [5.41, 5.74) is 0.466. The number of benzene rings is 1. The van der Waals surface area contributed by atoms with Gasteiger partial charge in [0.25, 0.3) is 5.91 Å². The van der Waals surface area contributed by atoms with E-state index >= 15 is 0 Å². The number of fused-ring (bicyclic) bond motifs is 2. The molecule has 3 heterocycles. The molecule has 7 nitrogen and oxygen atoms in total. The van der Waals surface area contributed by atoms with Gasteiger partial charge in [0, 0.05) is 43.8 Å². The van der Waals surface area contributed by atoms with Crippen LogP contribution in [0, 0.1) is 5.92 Å². The van der Waals surface area contributed by atoms with Crippen LogP contribution in [0.4, 0.5) is 10.8 Å². The average Bonchev–Trinajstić information content (AvgIpc) is 3.27. The zero-order valence-corrected chi connectivity index (χ0v) is 17.9. The fourth-order valence-electron chi connectivity index (χ4n) is 4.29. The highest BCUT2D eigenvalue weighted by Crippen LogP contribution is 2.34. The minimum atomic E-state index is -0.610. The third-order valence-corrected chi connectivity index (χ3v) is 6.90. The van der Waals surface area contributed by atoms with E-state index in [4.69, 9.17) is 0 Å². The Hall–Kier alpha value is -2.45. The smallest absolute Gasteiger partial charge is 0.253 e. The summed E-state index contributed by atoms with van der Waals surface area (Å²) in [7, 11) is 0. The molecule has 8 heteroatoms. The second-order valence-electron chi connectivity index (χ2n) is 7.91. The molecule has 0 unspecified atom stereocenters. The number of likely N-dealkylation sites (tertiary alicyclic amines) is 1. The third-order valence-electron chi connectivity index (χ3n) is 5.86. The fraction of sp³-hybridized carbons (Fsp3) is 0.476. The molecular formula is C21H27N5O2S. The highest BCUT2D eigenvalue weighted by molar-refractivity contribution is 7.15. The molecule has 0 bridgehead atoms. The van der Waals surface area contributed by atoms with Crippen LogP contribution in [0.15, 0.2) is 30.5 Å². The van der Waals surface area contributed by atoms with Gasteiger partial charge in [0.05, 0.1) is 22.7 Å². The predicted molar refractivity (Wildman–Crippen MR) is 115 cm³/mol. The van der Waals surface area contributed by atoms with Crippen molar-refractivity contribution in [3.8, 4) is 0 Å². The Morgan fingerprint density at radius 1 is 1.28 bits per heavy atom. The predicted octanol–water partition coefficient (Wildman–Crippen LogP) is 2.56. The lowest BCUT2D eigenvalue weighted by atomic mass is 9.86. The molecule has 0 aliphatic carbocycles. The molecule has 2 aromatic rings. The van der Waals surface area contributed by atoms with E-state index in [1.807, 2.05) is 25.3 Å². The van der Waals surface area contributed by atoms with Crippen LogP contribution < -0.4 is 15.5 Å². The highest BCUT2D eigenvalue weighted by Gasteiger charge is 2.49. The Kier molecular flexibility index (Phi) is 5.31. The van der Waals surface area contributed by atoms with E-state index in [1.54, 1.807) is 23.5 Å². The molecule has 1 aromatic heterocycles. The van der Waals surface area contributed by atoms with Gasteiger partial charge in [-0.05, 0) is 32.9 Å². The second-order valence-corrected chi connectivity index (χ2v) is 9.00. The van der Waals surface area contributed by atoms with Crippen LogP contribution >= 0.6 is 11.3 Å². The van der Waals surface area contributed by atoms with Crippen molar-refractivity contribution in [2.75, 3.05) is 36.4 Å². The van der Waals surface area contributed by atoms with E-state index in [0.717, 1.165) is 24.8 Å². The number of anilines is 2. The summed E-state index contributed by atoms with van der Waals surface area (Å²) < 4.78 is 0. The molecule has 154 valence electrons. The summed E-state index contributed by atoms with van der Waals surface area (Å²) in [4.78, 5) is 36.0. The number of carbonyl (C=O) groups is 2. The number of carbonyl (C=O) groups excluding carboxylic acids is 2. The molecule has 1 saturated heterocycles. The van der Waals surface area contributed by atoms with Gasteiger partial charge >= 0.3 is 0 Å². The SMILES string of the molecule is CCN(CC)c1ncc(CN2C[C@H]3C(=O)Nc4ccccc4C(=O)N[C@@]3(C)C2)s1. The van der Waals surface area contributed by atoms with Gasteiger partial charge in [0.2, 0.25) is 5.91 Å². The molecule has 2 N–H and O–H groups in total.